The van der Waals surface area contributed by atoms with Gasteiger partial charge in [0, 0.05) is 49.6 Å². The molecule has 47 heavy (non-hydrogen) atoms. The van der Waals surface area contributed by atoms with Crippen LogP contribution in [0.25, 0.3) is 10.8 Å². The van der Waals surface area contributed by atoms with Gasteiger partial charge in [0.1, 0.15) is 53.8 Å². The van der Waals surface area contributed by atoms with E-state index in [0.29, 0.717) is 22.3 Å². The highest BCUT2D eigenvalue weighted by Gasteiger charge is 2.45. The summed E-state index contributed by atoms with van der Waals surface area (Å²) in [5, 5.41) is 56.8. The maximum atomic E-state index is 13.3. The molecule has 6 rings (SSSR count). The number of rotatable bonds is 11. The fraction of sp³-hybridized carbons (Fsp3) is 0.314. The van der Waals surface area contributed by atoms with Crippen molar-refractivity contribution in [3.8, 4) is 17.2 Å². The number of fused-ring (bicyclic) bond motifs is 2. The molecule has 0 amide bonds. The molecule has 12 heteroatoms. The molecule has 12 nitrogen and oxygen atoms in total. The van der Waals surface area contributed by atoms with Crippen molar-refractivity contribution in [1.82, 2.24) is 0 Å². The summed E-state index contributed by atoms with van der Waals surface area (Å²) in [6.07, 6.45) is 6.15. The Balaban J connectivity index is 1.23. The van der Waals surface area contributed by atoms with Gasteiger partial charge < -0.3 is 44.5 Å². The van der Waals surface area contributed by atoms with Gasteiger partial charge in [0.2, 0.25) is 6.29 Å². The van der Waals surface area contributed by atoms with Crippen LogP contribution in [0.15, 0.2) is 86.9 Å². The number of carbonyl (C=O) groups excluding carboxylic acids is 1. The average molecular weight is 643 g/mol. The smallest absolute Gasteiger partial charge is 0.229 e. The number of ether oxygens (including phenoxy) is 4. The molecule has 2 aromatic rings. The minimum Gasteiger partial charge on any atom is -0.875 e. The van der Waals surface area contributed by atoms with Crippen LogP contribution in [0.4, 0.5) is 0 Å². The number of hydrogen-bond donors (Lipinski definition) is 4. The first-order valence-corrected chi connectivity index (χ1v) is 15.1. The van der Waals surface area contributed by atoms with Gasteiger partial charge in [0.25, 0.3) is 0 Å². The highest BCUT2D eigenvalue weighted by atomic mass is 16.7. The van der Waals surface area contributed by atoms with Gasteiger partial charge in [-0.2, -0.15) is 4.99 Å². The molecule has 3 heterocycles. The van der Waals surface area contributed by atoms with E-state index in [1.54, 1.807) is 31.3 Å². The van der Waals surface area contributed by atoms with Crippen LogP contribution in [0.5, 0.6) is 17.2 Å². The number of hydrogen-bond acceptors (Lipinski definition) is 12. The molecule has 1 saturated heterocycles. The summed E-state index contributed by atoms with van der Waals surface area (Å²) >= 11 is 0. The lowest BCUT2D eigenvalue weighted by atomic mass is 9.94. The predicted octanol–water partition coefficient (Wildman–Crippen LogP) is 2.28. The second kappa shape index (κ2) is 13.6. The van der Waals surface area contributed by atoms with E-state index < -0.39 is 36.5 Å². The van der Waals surface area contributed by atoms with Gasteiger partial charge in [0.15, 0.2) is 11.5 Å². The largest absolute Gasteiger partial charge is 0.875 e. The number of aromatic hydroxyl groups is 1. The Labute approximate surface area is 270 Å². The number of allylic oxidation sites excluding steroid dienone is 7. The van der Waals surface area contributed by atoms with E-state index in [2.05, 4.69) is 9.98 Å². The number of methoxy groups -OCH3 is 1. The number of aliphatic hydroxyl groups excluding tert-OH is 3. The minimum atomic E-state index is -1.68. The summed E-state index contributed by atoms with van der Waals surface area (Å²) in [6.45, 7) is 1.68. The molecule has 4 aliphatic rings. The van der Waals surface area contributed by atoms with Crippen LogP contribution < -0.4 is 14.6 Å². The van der Waals surface area contributed by atoms with Gasteiger partial charge in [-0.05, 0) is 42.0 Å². The minimum absolute atomic E-state index is 0.00789. The van der Waals surface area contributed by atoms with Crippen molar-refractivity contribution in [3.63, 3.8) is 0 Å². The van der Waals surface area contributed by atoms with E-state index in [1.807, 2.05) is 24.6 Å². The molecule has 5 atom stereocenters. The average Bonchev–Trinajstić information content (AvgIpc) is 3.75. The van der Waals surface area contributed by atoms with Crippen molar-refractivity contribution in [2.45, 2.75) is 50.5 Å². The van der Waals surface area contributed by atoms with E-state index in [1.165, 1.54) is 25.6 Å². The van der Waals surface area contributed by atoms with Crippen LogP contribution in [0.1, 0.15) is 28.8 Å². The Morgan fingerprint density at radius 3 is 2.70 bits per heavy atom. The summed E-state index contributed by atoms with van der Waals surface area (Å²) in [5.74, 6) is -0.738. The van der Waals surface area contributed by atoms with E-state index in [-0.39, 0.29) is 54.3 Å². The van der Waals surface area contributed by atoms with Crippen LogP contribution in [-0.4, -0.2) is 89.7 Å². The summed E-state index contributed by atoms with van der Waals surface area (Å²) in [4.78, 5) is 21.6. The number of phenolic OH excluding ortho intramolecular Hbond substituents is 1. The van der Waals surface area contributed by atoms with Crippen LogP contribution in [0, 0.1) is 13.3 Å². The summed E-state index contributed by atoms with van der Waals surface area (Å²) in [5.41, 5.74) is 3.48. The molecule has 2 aromatic carbocycles. The maximum absolute atomic E-state index is 13.3. The molecule has 1 fully saturated rings. The zero-order valence-electron chi connectivity index (χ0n) is 25.7. The van der Waals surface area contributed by atoms with Crippen LogP contribution >= 0.6 is 0 Å². The zero-order valence-corrected chi connectivity index (χ0v) is 25.7. The number of benzene rings is 2. The Kier molecular flexibility index (Phi) is 9.30. The molecular formula is C35H34N2O10. The quantitative estimate of drug-likeness (QED) is 0.161. The summed E-state index contributed by atoms with van der Waals surface area (Å²) in [7, 11) is 1.44. The fourth-order valence-corrected chi connectivity index (χ4v) is 5.86. The van der Waals surface area contributed by atoms with Gasteiger partial charge in [-0.3, -0.25) is 9.79 Å². The number of aryl methyl sites for hydroxylation is 1. The topological polar surface area (TPSA) is 183 Å². The van der Waals surface area contributed by atoms with E-state index in [4.69, 9.17) is 18.9 Å². The number of nitrogens with zero attached hydrogens (tertiary/aromatic N) is 2. The van der Waals surface area contributed by atoms with Crippen molar-refractivity contribution in [2.75, 3.05) is 20.3 Å². The Bertz CT molecular complexity index is 1790. The number of aliphatic imine (C=N–C) groups is 2. The normalized spacial score (nSPS) is 25.6. The van der Waals surface area contributed by atoms with Crippen molar-refractivity contribution in [3.05, 3.63) is 94.4 Å². The second-order valence-corrected chi connectivity index (χ2v) is 11.5. The maximum Gasteiger partial charge on any atom is 0.229 e. The third-order valence-corrected chi connectivity index (χ3v) is 8.38. The van der Waals surface area contributed by atoms with Gasteiger partial charge in [-0.25, -0.2) is 0 Å². The Morgan fingerprint density at radius 1 is 1.11 bits per heavy atom. The molecule has 3 aliphatic heterocycles. The van der Waals surface area contributed by atoms with E-state index in [0.717, 1.165) is 16.8 Å². The van der Waals surface area contributed by atoms with E-state index in [9.17, 15) is 30.3 Å². The predicted molar refractivity (Wildman–Crippen MR) is 170 cm³/mol. The first-order chi connectivity index (χ1) is 22.7. The molecular weight excluding hydrogens is 608 g/mol. The fourth-order valence-electron chi connectivity index (χ4n) is 5.86. The lowest BCUT2D eigenvalue weighted by molar-refractivity contribution is -0.307. The lowest BCUT2D eigenvalue weighted by Crippen LogP contribution is -2.60. The third-order valence-electron chi connectivity index (χ3n) is 8.38. The standard InChI is InChI=1S/C35H34N2O10/c1-18-11-20-12-22(44-2)13-27(30(20)32(41)29(18)26(39)8-7-25(38)19-9-10-36-14-19)46-35-34(43)33(42)31(40)28(47-35)17-45-16-21-15-37-24-6-4-3-5-23(21)24/h3-6,9-15,28,31,33-35,40,42-43H,7-8,16-17H2,1-2H3,(H-,36,38,39,41). The molecule has 4 N–H and O–H groups in total. The number of aliphatic hydroxyl groups is 3. The number of phenols is 1. The van der Waals surface area contributed by atoms with Gasteiger partial charge >= 0.3 is 0 Å². The molecule has 0 bridgehead atoms. The molecule has 244 valence electrons. The van der Waals surface area contributed by atoms with Crippen LogP contribution in [0.3, 0.4) is 0 Å². The molecule has 5 unspecified atom stereocenters. The molecule has 0 radical (unpaired) electrons. The SMILES string of the molecule is COc1cc(OC2OC(COCC3=C4[CH+]C=CC=C4N=C3)C(O)C(O)C2O)c2c(O)c(C(=O)CCC([O-])=C3C=CN=C3)c(C)cc2c1. The highest BCUT2D eigenvalue weighted by molar-refractivity contribution is 6.08. The van der Waals surface area contributed by atoms with Crippen molar-refractivity contribution in [1.29, 1.82) is 0 Å². The highest BCUT2D eigenvalue weighted by Crippen LogP contribution is 2.42. The van der Waals surface area contributed by atoms with Crippen molar-refractivity contribution < 1.29 is 49.3 Å². The zero-order chi connectivity index (χ0) is 33.2. The summed E-state index contributed by atoms with van der Waals surface area (Å²) in [6, 6.07) is 4.77. The van der Waals surface area contributed by atoms with Crippen LogP contribution in [0.2, 0.25) is 0 Å². The number of carbonyl (C=O) groups is 1. The Morgan fingerprint density at radius 2 is 1.94 bits per heavy atom. The second-order valence-electron chi connectivity index (χ2n) is 11.5. The van der Waals surface area contributed by atoms with Gasteiger partial charge in [0.05, 0.1) is 36.5 Å². The van der Waals surface area contributed by atoms with E-state index >= 15 is 0 Å². The Hall–Kier alpha value is -4.72. The van der Waals surface area contributed by atoms with Gasteiger partial charge in [-0.1, -0.05) is 6.07 Å². The molecule has 1 aliphatic carbocycles. The van der Waals surface area contributed by atoms with Gasteiger partial charge in [-0.15, -0.1) is 5.76 Å². The summed E-state index contributed by atoms with van der Waals surface area (Å²) < 4.78 is 23.2. The first kappa shape index (κ1) is 32.2. The first-order valence-electron chi connectivity index (χ1n) is 15.1. The lowest BCUT2D eigenvalue weighted by Gasteiger charge is -2.40. The van der Waals surface area contributed by atoms with Crippen molar-refractivity contribution in [2.24, 2.45) is 9.98 Å². The number of ketones is 1. The molecule has 0 aromatic heterocycles. The third kappa shape index (κ3) is 6.46. The van der Waals surface area contributed by atoms with Crippen molar-refractivity contribution >= 4 is 29.0 Å². The molecule has 0 saturated carbocycles. The monoisotopic (exact) mass is 642 g/mol. The van der Waals surface area contributed by atoms with Crippen LogP contribution in [-0.2, 0) is 9.47 Å². The number of Topliss-reactive ketones (excluding diaryl/α,β-unsaturated/α-hetero) is 1. The molecule has 0 spiro atoms.